The number of hydrogen-bond donors (Lipinski definition) is 2. The summed E-state index contributed by atoms with van der Waals surface area (Å²) in [5.41, 5.74) is 6.64. The number of aromatic nitrogens is 1. The Morgan fingerprint density at radius 3 is 3.10 bits per heavy atom. The Morgan fingerprint density at radius 1 is 1.57 bits per heavy atom. The number of fused-ring (bicyclic) bond motifs is 1. The third-order valence-electron chi connectivity index (χ3n) is 4.25. The Morgan fingerprint density at radius 2 is 2.38 bits per heavy atom. The predicted octanol–water partition coefficient (Wildman–Crippen LogP) is 2.09. The first-order valence-corrected chi connectivity index (χ1v) is 8.02. The highest BCUT2D eigenvalue weighted by Gasteiger charge is 2.25. The number of nitrogen functional groups attached to an aromatic ring is 1. The van der Waals surface area contributed by atoms with Crippen LogP contribution in [0.2, 0.25) is 0 Å². The molecule has 1 aliphatic heterocycles. The van der Waals surface area contributed by atoms with Gasteiger partial charge in [0.25, 0.3) is 5.91 Å². The third-order valence-corrected chi connectivity index (χ3v) is 5.38. The van der Waals surface area contributed by atoms with Gasteiger partial charge in [-0.1, -0.05) is 0 Å². The van der Waals surface area contributed by atoms with Crippen LogP contribution in [-0.2, 0) is 0 Å². The molecule has 6 heteroatoms. The number of thiophene rings is 1. The number of likely N-dealkylation sites (tertiary alicyclic amines) is 1. The molecule has 2 aromatic rings. The molecule has 2 aromatic heterocycles. The molecule has 3 N–H and O–H groups in total. The van der Waals surface area contributed by atoms with Crippen molar-refractivity contribution in [2.45, 2.75) is 31.8 Å². The average Bonchev–Trinajstić information content (AvgIpc) is 2.81. The third kappa shape index (κ3) is 2.73. The van der Waals surface area contributed by atoms with Gasteiger partial charge in [-0.25, -0.2) is 4.98 Å². The van der Waals surface area contributed by atoms with Crippen LogP contribution in [-0.4, -0.2) is 41.5 Å². The lowest BCUT2D eigenvalue weighted by atomic mass is 9.99. The second kappa shape index (κ2) is 5.61. The van der Waals surface area contributed by atoms with Crippen LogP contribution >= 0.6 is 11.3 Å². The number of nitrogens with two attached hydrogens (primary N) is 1. The van der Waals surface area contributed by atoms with Gasteiger partial charge in [-0.3, -0.25) is 4.79 Å². The van der Waals surface area contributed by atoms with Crippen molar-refractivity contribution in [3.63, 3.8) is 0 Å². The highest BCUT2D eigenvalue weighted by molar-refractivity contribution is 7.21. The number of hydrogen-bond acceptors (Lipinski definition) is 5. The molecule has 3 rings (SSSR count). The molecule has 0 aliphatic carbocycles. The van der Waals surface area contributed by atoms with Crippen molar-refractivity contribution in [1.82, 2.24) is 15.2 Å². The van der Waals surface area contributed by atoms with Gasteiger partial charge in [-0.05, 0) is 38.9 Å². The molecule has 1 saturated heterocycles. The number of pyridine rings is 1. The molecule has 2 atom stereocenters. The summed E-state index contributed by atoms with van der Waals surface area (Å²) < 4.78 is 0. The van der Waals surface area contributed by atoms with Crippen molar-refractivity contribution in [2.75, 3.05) is 19.3 Å². The molecule has 3 heterocycles. The van der Waals surface area contributed by atoms with Crippen molar-refractivity contribution in [1.29, 1.82) is 0 Å². The second-order valence-electron chi connectivity index (χ2n) is 5.73. The van der Waals surface area contributed by atoms with Crippen molar-refractivity contribution < 1.29 is 4.79 Å². The fourth-order valence-corrected chi connectivity index (χ4v) is 3.76. The van der Waals surface area contributed by atoms with E-state index in [9.17, 15) is 4.79 Å². The molecule has 0 saturated carbocycles. The van der Waals surface area contributed by atoms with Crippen LogP contribution < -0.4 is 11.1 Å². The summed E-state index contributed by atoms with van der Waals surface area (Å²) in [5.74, 6) is -0.0720. The van der Waals surface area contributed by atoms with Gasteiger partial charge in [0.05, 0.1) is 5.69 Å². The largest absolute Gasteiger partial charge is 0.397 e. The van der Waals surface area contributed by atoms with Crippen molar-refractivity contribution in [2.24, 2.45) is 0 Å². The van der Waals surface area contributed by atoms with Gasteiger partial charge in [0.2, 0.25) is 0 Å². The molecular formula is C15H20N4OS. The summed E-state index contributed by atoms with van der Waals surface area (Å²) in [6, 6.07) is 4.46. The van der Waals surface area contributed by atoms with Gasteiger partial charge >= 0.3 is 0 Å². The lowest BCUT2D eigenvalue weighted by molar-refractivity contribution is 0.0901. The van der Waals surface area contributed by atoms with Crippen LogP contribution in [0.5, 0.6) is 0 Å². The zero-order valence-corrected chi connectivity index (χ0v) is 13.1. The SMILES string of the molecule is CC1CC(NC(=O)c2sc3ncccc3c2N)CCN1C. The maximum absolute atomic E-state index is 12.5. The normalized spacial score (nSPS) is 23.3. The standard InChI is InChI=1S/C15H20N4OS/c1-9-8-10(5-7-19(9)2)18-14(20)13-12(16)11-4-3-6-17-15(11)21-13/h3-4,6,9-10H,5,7-8,16H2,1-2H3,(H,18,20). The summed E-state index contributed by atoms with van der Waals surface area (Å²) >= 11 is 1.36. The first-order chi connectivity index (χ1) is 10.1. The monoisotopic (exact) mass is 304 g/mol. The number of piperidine rings is 1. The van der Waals surface area contributed by atoms with E-state index in [2.05, 4.69) is 29.2 Å². The molecule has 5 nitrogen and oxygen atoms in total. The number of carbonyl (C=O) groups is 1. The van der Waals surface area contributed by atoms with Gasteiger partial charge in [0, 0.05) is 30.2 Å². The van der Waals surface area contributed by atoms with E-state index in [1.807, 2.05) is 12.1 Å². The van der Waals surface area contributed by atoms with E-state index in [0.717, 1.165) is 29.6 Å². The molecule has 0 bridgehead atoms. The van der Waals surface area contributed by atoms with E-state index in [1.54, 1.807) is 6.20 Å². The minimum atomic E-state index is -0.0720. The fraction of sp³-hybridized carbons (Fsp3) is 0.467. The molecule has 1 fully saturated rings. The van der Waals surface area contributed by atoms with E-state index in [-0.39, 0.29) is 11.9 Å². The minimum absolute atomic E-state index is 0.0720. The summed E-state index contributed by atoms with van der Waals surface area (Å²) in [6.45, 7) is 3.20. The Bertz CT molecular complexity index is 669. The van der Waals surface area contributed by atoms with Crippen LogP contribution in [0, 0.1) is 0 Å². The number of anilines is 1. The van der Waals surface area contributed by atoms with Crippen LogP contribution in [0.15, 0.2) is 18.3 Å². The minimum Gasteiger partial charge on any atom is -0.397 e. The Hall–Kier alpha value is -1.66. The maximum atomic E-state index is 12.5. The molecule has 0 aromatic carbocycles. The molecule has 21 heavy (non-hydrogen) atoms. The van der Waals surface area contributed by atoms with Crippen LogP contribution in [0.1, 0.15) is 29.4 Å². The summed E-state index contributed by atoms with van der Waals surface area (Å²) in [4.78, 5) is 20.5. The fourth-order valence-electron chi connectivity index (χ4n) is 2.79. The Labute approximate surface area is 128 Å². The number of amides is 1. The van der Waals surface area contributed by atoms with E-state index < -0.39 is 0 Å². The lowest BCUT2D eigenvalue weighted by Gasteiger charge is -2.35. The van der Waals surface area contributed by atoms with E-state index in [4.69, 9.17) is 5.73 Å². The van der Waals surface area contributed by atoms with Gasteiger partial charge in [0.1, 0.15) is 9.71 Å². The zero-order chi connectivity index (χ0) is 15.0. The average molecular weight is 304 g/mol. The van der Waals surface area contributed by atoms with Crippen LogP contribution in [0.4, 0.5) is 5.69 Å². The Balaban J connectivity index is 1.77. The molecule has 2 unspecified atom stereocenters. The highest BCUT2D eigenvalue weighted by Crippen LogP contribution is 2.32. The maximum Gasteiger partial charge on any atom is 0.263 e. The zero-order valence-electron chi connectivity index (χ0n) is 12.3. The van der Waals surface area contributed by atoms with Crippen LogP contribution in [0.3, 0.4) is 0 Å². The molecule has 1 aliphatic rings. The second-order valence-corrected chi connectivity index (χ2v) is 6.72. The van der Waals surface area contributed by atoms with Gasteiger partial charge in [-0.2, -0.15) is 0 Å². The van der Waals surface area contributed by atoms with Gasteiger partial charge in [0.15, 0.2) is 0 Å². The molecule has 0 spiro atoms. The van der Waals surface area contributed by atoms with E-state index in [1.165, 1.54) is 11.3 Å². The van der Waals surface area contributed by atoms with Crippen molar-refractivity contribution in [3.05, 3.63) is 23.2 Å². The van der Waals surface area contributed by atoms with Gasteiger partial charge in [-0.15, -0.1) is 11.3 Å². The van der Waals surface area contributed by atoms with E-state index in [0.29, 0.717) is 16.6 Å². The van der Waals surface area contributed by atoms with E-state index >= 15 is 0 Å². The molecular weight excluding hydrogens is 284 g/mol. The number of rotatable bonds is 2. The van der Waals surface area contributed by atoms with Crippen molar-refractivity contribution >= 4 is 33.1 Å². The summed E-state index contributed by atoms with van der Waals surface area (Å²) in [6.07, 6.45) is 3.68. The smallest absolute Gasteiger partial charge is 0.263 e. The number of nitrogens with zero attached hydrogens (tertiary/aromatic N) is 2. The summed E-state index contributed by atoms with van der Waals surface area (Å²) in [7, 11) is 2.12. The first-order valence-electron chi connectivity index (χ1n) is 7.20. The van der Waals surface area contributed by atoms with Crippen molar-refractivity contribution in [3.8, 4) is 0 Å². The van der Waals surface area contributed by atoms with Gasteiger partial charge < -0.3 is 16.0 Å². The number of nitrogens with one attached hydrogen (secondary N) is 1. The predicted molar refractivity (Wildman–Crippen MR) is 86.6 cm³/mol. The van der Waals surface area contributed by atoms with Crippen LogP contribution in [0.25, 0.3) is 10.2 Å². The summed E-state index contributed by atoms with van der Waals surface area (Å²) in [5, 5.41) is 3.99. The first kappa shape index (κ1) is 14.3. The topological polar surface area (TPSA) is 71.2 Å². The molecule has 0 radical (unpaired) electrons. The quantitative estimate of drug-likeness (QED) is 0.891. The lowest BCUT2D eigenvalue weighted by Crippen LogP contribution is -2.47. The molecule has 1 amide bonds. The molecule has 112 valence electrons. The Kier molecular flexibility index (Phi) is 3.82. The highest BCUT2D eigenvalue weighted by atomic mass is 32.1. The number of carbonyl (C=O) groups excluding carboxylic acids is 1.